The lowest BCUT2D eigenvalue weighted by atomic mass is 10.1. The first-order chi connectivity index (χ1) is 8.70. The lowest BCUT2D eigenvalue weighted by molar-refractivity contribution is 0.00685. The van der Waals surface area contributed by atoms with Gasteiger partial charge in [-0.2, -0.15) is 0 Å². The first kappa shape index (κ1) is 13.3. The molecule has 0 spiro atoms. The molecule has 1 aliphatic rings. The van der Waals surface area contributed by atoms with Gasteiger partial charge in [0.05, 0.1) is 6.61 Å². The third kappa shape index (κ3) is 3.21. The molecular formula is C14H20FNO2. The highest BCUT2D eigenvalue weighted by atomic mass is 19.1. The summed E-state index contributed by atoms with van der Waals surface area (Å²) in [6.45, 7) is 3.41. The summed E-state index contributed by atoms with van der Waals surface area (Å²) in [5.74, 6) is 0.507. The van der Waals surface area contributed by atoms with Crippen LogP contribution in [-0.2, 0) is 4.74 Å². The van der Waals surface area contributed by atoms with Crippen LogP contribution in [-0.4, -0.2) is 26.4 Å². The van der Waals surface area contributed by atoms with Crippen LogP contribution >= 0.6 is 0 Å². The molecule has 1 saturated heterocycles. The molecule has 1 N–H and O–H groups in total. The third-order valence-corrected chi connectivity index (χ3v) is 3.28. The standard InChI is InChI=1S/C14H20FNO2/c1-10(16-2)13-8-11(15)5-6-14(13)18-12-4-3-7-17-9-12/h5-6,8,10,12,16H,3-4,7,9H2,1-2H3. The minimum absolute atomic E-state index is 0.0557. The van der Waals surface area contributed by atoms with Gasteiger partial charge in [-0.15, -0.1) is 0 Å². The Bertz CT molecular complexity index is 391. The van der Waals surface area contributed by atoms with Gasteiger partial charge in [0, 0.05) is 18.2 Å². The topological polar surface area (TPSA) is 30.5 Å². The predicted octanol–water partition coefficient (Wildman–Crippen LogP) is 2.66. The van der Waals surface area contributed by atoms with Gasteiger partial charge in [-0.25, -0.2) is 4.39 Å². The maximum atomic E-state index is 13.3. The molecule has 18 heavy (non-hydrogen) atoms. The molecule has 0 aromatic heterocycles. The molecule has 0 saturated carbocycles. The fourth-order valence-corrected chi connectivity index (χ4v) is 2.10. The Balaban J connectivity index is 2.15. The summed E-state index contributed by atoms with van der Waals surface area (Å²) in [5.41, 5.74) is 0.850. The molecule has 0 radical (unpaired) electrons. The van der Waals surface area contributed by atoms with E-state index in [9.17, 15) is 4.39 Å². The van der Waals surface area contributed by atoms with E-state index in [1.165, 1.54) is 12.1 Å². The highest BCUT2D eigenvalue weighted by Gasteiger charge is 2.18. The maximum absolute atomic E-state index is 13.3. The summed E-state index contributed by atoms with van der Waals surface area (Å²) in [7, 11) is 1.85. The van der Waals surface area contributed by atoms with Crippen molar-refractivity contribution in [2.24, 2.45) is 0 Å². The molecule has 1 aromatic rings. The van der Waals surface area contributed by atoms with Crippen molar-refractivity contribution < 1.29 is 13.9 Å². The fraction of sp³-hybridized carbons (Fsp3) is 0.571. The number of hydrogen-bond acceptors (Lipinski definition) is 3. The van der Waals surface area contributed by atoms with Crippen molar-refractivity contribution in [2.75, 3.05) is 20.3 Å². The van der Waals surface area contributed by atoms with Crippen molar-refractivity contribution in [2.45, 2.75) is 31.9 Å². The summed E-state index contributed by atoms with van der Waals surface area (Å²) in [5, 5.41) is 3.11. The smallest absolute Gasteiger partial charge is 0.124 e. The zero-order valence-electron chi connectivity index (χ0n) is 10.9. The molecule has 1 fully saturated rings. The molecule has 0 amide bonds. The minimum Gasteiger partial charge on any atom is -0.488 e. The predicted molar refractivity (Wildman–Crippen MR) is 68.3 cm³/mol. The van der Waals surface area contributed by atoms with E-state index in [1.54, 1.807) is 6.07 Å². The van der Waals surface area contributed by atoms with Crippen LogP contribution in [0, 0.1) is 5.82 Å². The van der Waals surface area contributed by atoms with Crippen molar-refractivity contribution in [3.63, 3.8) is 0 Å². The number of hydrogen-bond donors (Lipinski definition) is 1. The SMILES string of the molecule is CNC(C)c1cc(F)ccc1OC1CCCOC1. The molecular weight excluding hydrogens is 233 g/mol. The molecule has 2 atom stereocenters. The summed E-state index contributed by atoms with van der Waals surface area (Å²) >= 11 is 0. The van der Waals surface area contributed by atoms with Crippen LogP contribution in [0.15, 0.2) is 18.2 Å². The lowest BCUT2D eigenvalue weighted by Gasteiger charge is -2.25. The van der Waals surface area contributed by atoms with Crippen molar-refractivity contribution in [3.05, 3.63) is 29.6 Å². The molecule has 0 aliphatic carbocycles. The molecule has 2 rings (SSSR count). The van der Waals surface area contributed by atoms with Crippen LogP contribution in [0.5, 0.6) is 5.75 Å². The number of benzene rings is 1. The Labute approximate surface area is 107 Å². The van der Waals surface area contributed by atoms with Crippen molar-refractivity contribution in [1.29, 1.82) is 0 Å². The van der Waals surface area contributed by atoms with Gasteiger partial charge in [-0.05, 0) is 45.0 Å². The van der Waals surface area contributed by atoms with E-state index in [2.05, 4.69) is 5.32 Å². The molecule has 100 valence electrons. The van der Waals surface area contributed by atoms with Gasteiger partial charge < -0.3 is 14.8 Å². The Morgan fingerprint density at radius 1 is 1.50 bits per heavy atom. The number of halogens is 1. The number of rotatable bonds is 4. The first-order valence-corrected chi connectivity index (χ1v) is 6.42. The maximum Gasteiger partial charge on any atom is 0.124 e. The molecule has 2 unspecified atom stereocenters. The molecule has 1 aromatic carbocycles. The van der Waals surface area contributed by atoms with E-state index in [0.29, 0.717) is 6.61 Å². The molecule has 0 bridgehead atoms. The van der Waals surface area contributed by atoms with E-state index in [-0.39, 0.29) is 18.0 Å². The van der Waals surface area contributed by atoms with Crippen molar-refractivity contribution in [1.82, 2.24) is 5.32 Å². The fourth-order valence-electron chi connectivity index (χ4n) is 2.10. The van der Waals surface area contributed by atoms with E-state index in [1.807, 2.05) is 14.0 Å². The molecule has 4 heteroatoms. The number of nitrogens with one attached hydrogen (secondary N) is 1. The highest BCUT2D eigenvalue weighted by molar-refractivity contribution is 5.36. The lowest BCUT2D eigenvalue weighted by Crippen LogP contribution is -2.28. The Morgan fingerprint density at radius 2 is 2.33 bits per heavy atom. The van der Waals surface area contributed by atoms with Crippen LogP contribution in [0.3, 0.4) is 0 Å². The molecule has 1 aliphatic heterocycles. The summed E-state index contributed by atoms with van der Waals surface area (Å²) in [6, 6.07) is 4.72. The van der Waals surface area contributed by atoms with E-state index < -0.39 is 0 Å². The van der Waals surface area contributed by atoms with E-state index >= 15 is 0 Å². The third-order valence-electron chi connectivity index (χ3n) is 3.28. The van der Waals surface area contributed by atoms with Crippen molar-refractivity contribution >= 4 is 0 Å². The van der Waals surface area contributed by atoms with Gasteiger partial charge in [0.2, 0.25) is 0 Å². The first-order valence-electron chi connectivity index (χ1n) is 6.42. The normalized spacial score (nSPS) is 21.6. The zero-order valence-corrected chi connectivity index (χ0v) is 10.9. The van der Waals surface area contributed by atoms with Gasteiger partial charge in [0.15, 0.2) is 0 Å². The van der Waals surface area contributed by atoms with E-state index in [4.69, 9.17) is 9.47 Å². The summed E-state index contributed by atoms with van der Waals surface area (Å²) in [4.78, 5) is 0. The van der Waals surface area contributed by atoms with Crippen LogP contribution in [0.2, 0.25) is 0 Å². The Hall–Kier alpha value is -1.13. The van der Waals surface area contributed by atoms with Crippen LogP contribution in [0.1, 0.15) is 31.4 Å². The summed E-state index contributed by atoms with van der Waals surface area (Å²) in [6.07, 6.45) is 2.08. The van der Waals surface area contributed by atoms with Crippen LogP contribution < -0.4 is 10.1 Å². The average molecular weight is 253 g/mol. The molecule has 3 nitrogen and oxygen atoms in total. The number of ether oxygens (including phenoxy) is 2. The largest absolute Gasteiger partial charge is 0.488 e. The van der Waals surface area contributed by atoms with Gasteiger partial charge in [0.25, 0.3) is 0 Å². The van der Waals surface area contributed by atoms with E-state index in [0.717, 1.165) is 30.8 Å². The van der Waals surface area contributed by atoms with Crippen LogP contribution in [0.4, 0.5) is 4.39 Å². The van der Waals surface area contributed by atoms with Crippen LogP contribution in [0.25, 0.3) is 0 Å². The second-order valence-corrected chi connectivity index (χ2v) is 4.65. The molecule has 1 heterocycles. The Kier molecular flexibility index (Phi) is 4.55. The monoisotopic (exact) mass is 253 g/mol. The highest BCUT2D eigenvalue weighted by Crippen LogP contribution is 2.28. The second kappa shape index (κ2) is 6.16. The van der Waals surface area contributed by atoms with Gasteiger partial charge in [-0.1, -0.05) is 0 Å². The van der Waals surface area contributed by atoms with Gasteiger partial charge >= 0.3 is 0 Å². The van der Waals surface area contributed by atoms with Gasteiger partial charge in [0.1, 0.15) is 17.7 Å². The Morgan fingerprint density at radius 3 is 3.00 bits per heavy atom. The van der Waals surface area contributed by atoms with Gasteiger partial charge in [-0.3, -0.25) is 0 Å². The average Bonchev–Trinajstić information content (AvgIpc) is 2.41. The quantitative estimate of drug-likeness (QED) is 0.895. The van der Waals surface area contributed by atoms with Crippen molar-refractivity contribution in [3.8, 4) is 5.75 Å². The summed E-state index contributed by atoms with van der Waals surface area (Å²) < 4.78 is 24.6. The zero-order chi connectivity index (χ0) is 13.0. The minimum atomic E-state index is -0.237. The second-order valence-electron chi connectivity index (χ2n) is 4.65.